The number of non-ortho nitro benzene ring substituents is 1. The molecule has 0 spiro atoms. The van der Waals surface area contributed by atoms with Gasteiger partial charge in [0.15, 0.2) is 0 Å². The first kappa shape index (κ1) is 20.1. The number of anilines is 1. The number of benzene rings is 2. The van der Waals surface area contributed by atoms with E-state index in [1.54, 1.807) is 19.1 Å². The van der Waals surface area contributed by atoms with Crippen LogP contribution in [0.5, 0.6) is 0 Å². The van der Waals surface area contributed by atoms with Crippen LogP contribution in [0.4, 0.5) is 11.4 Å². The van der Waals surface area contributed by atoms with Crippen molar-refractivity contribution in [2.45, 2.75) is 39.2 Å². The summed E-state index contributed by atoms with van der Waals surface area (Å²) < 4.78 is 0. The summed E-state index contributed by atoms with van der Waals surface area (Å²) in [5, 5.41) is 17.3. The highest BCUT2D eigenvalue weighted by Crippen LogP contribution is 2.23. The molecule has 0 bridgehead atoms. The van der Waals surface area contributed by atoms with Gasteiger partial charge in [-0.15, -0.1) is 0 Å². The molecule has 0 aliphatic carbocycles. The molecule has 0 aliphatic heterocycles. The van der Waals surface area contributed by atoms with Crippen LogP contribution >= 0.6 is 0 Å². The second-order valence-corrected chi connectivity index (χ2v) is 7.15. The molecule has 2 aromatic carbocycles. The van der Waals surface area contributed by atoms with E-state index in [4.69, 9.17) is 4.84 Å². The van der Waals surface area contributed by atoms with Gasteiger partial charge in [-0.25, -0.2) is 0 Å². The molecule has 0 aliphatic rings. The fourth-order valence-electron chi connectivity index (χ4n) is 2.25. The zero-order valence-electron chi connectivity index (χ0n) is 15.8. The Labute approximate surface area is 158 Å². The molecule has 7 nitrogen and oxygen atoms in total. The Kier molecular flexibility index (Phi) is 6.28. The third kappa shape index (κ3) is 5.91. The number of carbonyl (C=O) groups excluding carboxylic acids is 1. The summed E-state index contributed by atoms with van der Waals surface area (Å²) in [4.78, 5) is 27.6. The molecule has 2 aromatic rings. The number of hydrogen-bond acceptors (Lipinski definition) is 5. The van der Waals surface area contributed by atoms with Crippen molar-refractivity contribution < 1.29 is 14.6 Å². The average Bonchev–Trinajstić information content (AvgIpc) is 2.61. The number of nitrogens with one attached hydrogen (secondary N) is 1. The lowest BCUT2D eigenvalue weighted by Gasteiger charge is -2.19. The smallest absolute Gasteiger partial charge is 0.270 e. The molecule has 27 heavy (non-hydrogen) atoms. The maximum absolute atomic E-state index is 12.2. The molecule has 0 saturated carbocycles. The van der Waals surface area contributed by atoms with Gasteiger partial charge < -0.3 is 10.2 Å². The highest BCUT2D eigenvalue weighted by atomic mass is 16.6. The maximum Gasteiger partial charge on any atom is 0.270 e. The van der Waals surface area contributed by atoms with Gasteiger partial charge in [-0.3, -0.25) is 14.9 Å². The van der Waals surface area contributed by atoms with Gasteiger partial charge in [0.05, 0.1) is 11.1 Å². The van der Waals surface area contributed by atoms with Crippen LogP contribution in [0.3, 0.4) is 0 Å². The van der Waals surface area contributed by atoms with E-state index in [2.05, 4.69) is 31.2 Å². The maximum atomic E-state index is 12.2. The van der Waals surface area contributed by atoms with Crippen molar-refractivity contribution in [3.63, 3.8) is 0 Å². The normalized spacial score (nSPS) is 12.6. The fourth-order valence-corrected chi connectivity index (χ4v) is 2.25. The summed E-state index contributed by atoms with van der Waals surface area (Å²) in [5.41, 5.74) is 2.36. The molecular weight excluding hydrogens is 346 g/mol. The van der Waals surface area contributed by atoms with E-state index in [9.17, 15) is 14.9 Å². The molecular formula is C20H23N3O4. The van der Waals surface area contributed by atoms with E-state index in [1.165, 1.54) is 23.9 Å². The monoisotopic (exact) mass is 369 g/mol. The Morgan fingerprint density at radius 1 is 1.22 bits per heavy atom. The van der Waals surface area contributed by atoms with Gasteiger partial charge in [0.25, 0.3) is 11.6 Å². The Hall–Kier alpha value is -3.22. The van der Waals surface area contributed by atoms with Gasteiger partial charge in [-0.2, -0.15) is 0 Å². The first-order chi connectivity index (χ1) is 12.7. The molecule has 0 saturated heterocycles. The van der Waals surface area contributed by atoms with Crippen molar-refractivity contribution >= 4 is 23.5 Å². The lowest BCUT2D eigenvalue weighted by Crippen LogP contribution is -2.26. The highest BCUT2D eigenvalue weighted by molar-refractivity contribution is 5.94. The number of oxime groups is 1. The summed E-state index contributed by atoms with van der Waals surface area (Å²) in [6.07, 6.45) is 0.511. The minimum atomic E-state index is -0.817. The molecule has 2 rings (SSSR count). The Balaban J connectivity index is 1.92. The van der Waals surface area contributed by atoms with Gasteiger partial charge in [-0.1, -0.05) is 50.2 Å². The largest absolute Gasteiger partial charge is 0.383 e. The number of nitro benzene ring substituents is 1. The third-order valence-corrected chi connectivity index (χ3v) is 3.89. The number of hydrogen-bond donors (Lipinski definition) is 1. The molecule has 0 radical (unpaired) electrons. The van der Waals surface area contributed by atoms with Crippen LogP contribution in [0.15, 0.2) is 53.7 Å². The van der Waals surface area contributed by atoms with Crippen molar-refractivity contribution in [1.82, 2.24) is 0 Å². The molecule has 7 heteroatoms. The summed E-state index contributed by atoms with van der Waals surface area (Å²) >= 11 is 0. The summed E-state index contributed by atoms with van der Waals surface area (Å²) in [5.74, 6) is -0.338. The Morgan fingerprint density at radius 2 is 1.89 bits per heavy atom. The molecule has 0 heterocycles. The van der Waals surface area contributed by atoms with Gasteiger partial charge in [0, 0.05) is 23.4 Å². The second kappa shape index (κ2) is 8.44. The van der Waals surface area contributed by atoms with Gasteiger partial charge >= 0.3 is 0 Å². The van der Waals surface area contributed by atoms with Crippen LogP contribution < -0.4 is 5.32 Å². The highest BCUT2D eigenvalue weighted by Gasteiger charge is 2.16. The van der Waals surface area contributed by atoms with E-state index in [0.717, 1.165) is 0 Å². The quantitative estimate of drug-likeness (QED) is 0.467. The molecule has 1 atom stereocenters. The van der Waals surface area contributed by atoms with Crippen LogP contribution in [0.2, 0.25) is 0 Å². The van der Waals surface area contributed by atoms with Crippen molar-refractivity contribution in [2.75, 3.05) is 5.32 Å². The topological polar surface area (TPSA) is 93.8 Å². The van der Waals surface area contributed by atoms with Crippen LogP contribution in [0.25, 0.3) is 0 Å². The van der Waals surface area contributed by atoms with Crippen molar-refractivity contribution in [3.8, 4) is 0 Å². The SMILES string of the molecule is CC(O/N=C/c1cccc([N+](=O)[O-])c1)C(=O)Nc1ccc(C(C)(C)C)cc1. The predicted molar refractivity (Wildman–Crippen MR) is 105 cm³/mol. The molecule has 0 fully saturated rings. The van der Waals surface area contributed by atoms with Gasteiger partial charge in [-0.05, 0) is 30.0 Å². The van der Waals surface area contributed by atoms with Crippen LogP contribution in [-0.2, 0) is 15.0 Å². The van der Waals surface area contributed by atoms with E-state index in [1.807, 2.05) is 24.3 Å². The summed E-state index contributed by atoms with van der Waals surface area (Å²) in [7, 11) is 0. The summed E-state index contributed by atoms with van der Waals surface area (Å²) in [6, 6.07) is 13.6. The van der Waals surface area contributed by atoms with E-state index >= 15 is 0 Å². The standard InChI is InChI=1S/C20H23N3O4/c1-14(27-21-13-15-6-5-7-18(12-15)23(25)26)19(24)22-17-10-8-16(9-11-17)20(2,3)4/h5-14H,1-4H3,(H,22,24)/b21-13+. The predicted octanol–water partition coefficient (Wildman–Crippen LogP) is 4.27. The first-order valence-corrected chi connectivity index (χ1v) is 8.52. The third-order valence-electron chi connectivity index (χ3n) is 3.89. The van der Waals surface area contributed by atoms with Crippen LogP contribution in [0, 0.1) is 10.1 Å². The van der Waals surface area contributed by atoms with Crippen LogP contribution in [0.1, 0.15) is 38.8 Å². The molecule has 1 amide bonds. The number of carbonyl (C=O) groups is 1. The Morgan fingerprint density at radius 3 is 2.48 bits per heavy atom. The minimum absolute atomic E-state index is 0.0385. The van der Waals surface area contributed by atoms with E-state index in [0.29, 0.717) is 11.3 Å². The molecule has 0 aromatic heterocycles. The first-order valence-electron chi connectivity index (χ1n) is 8.52. The van der Waals surface area contributed by atoms with Gasteiger partial charge in [0.1, 0.15) is 0 Å². The van der Waals surface area contributed by atoms with E-state index in [-0.39, 0.29) is 17.0 Å². The average molecular weight is 369 g/mol. The summed E-state index contributed by atoms with van der Waals surface area (Å²) in [6.45, 7) is 7.94. The minimum Gasteiger partial charge on any atom is -0.383 e. The lowest BCUT2D eigenvalue weighted by atomic mass is 9.87. The van der Waals surface area contributed by atoms with E-state index < -0.39 is 11.0 Å². The fraction of sp³-hybridized carbons (Fsp3) is 0.300. The zero-order chi connectivity index (χ0) is 20.0. The van der Waals surface area contributed by atoms with Crippen LogP contribution in [-0.4, -0.2) is 23.1 Å². The number of nitro groups is 1. The van der Waals surface area contributed by atoms with Crippen molar-refractivity contribution in [2.24, 2.45) is 5.16 Å². The lowest BCUT2D eigenvalue weighted by molar-refractivity contribution is -0.384. The number of nitrogens with zero attached hydrogens (tertiary/aromatic N) is 2. The molecule has 1 unspecified atom stereocenters. The molecule has 1 N–H and O–H groups in total. The Bertz CT molecular complexity index is 839. The molecule has 142 valence electrons. The zero-order valence-corrected chi connectivity index (χ0v) is 15.8. The van der Waals surface area contributed by atoms with Crippen molar-refractivity contribution in [1.29, 1.82) is 0 Å². The number of amides is 1. The van der Waals surface area contributed by atoms with Crippen molar-refractivity contribution in [3.05, 3.63) is 69.8 Å². The van der Waals surface area contributed by atoms with Gasteiger partial charge in [0.2, 0.25) is 6.10 Å². The number of rotatable bonds is 6. The second-order valence-electron chi connectivity index (χ2n) is 7.15.